The van der Waals surface area contributed by atoms with Crippen LogP contribution in [0.3, 0.4) is 0 Å². The minimum atomic E-state index is 0.267. The maximum atomic E-state index is 8.55. The van der Waals surface area contributed by atoms with Gasteiger partial charge in [-0.3, -0.25) is 14.8 Å². The summed E-state index contributed by atoms with van der Waals surface area (Å²) >= 11 is 3.38. The second-order valence-electron chi connectivity index (χ2n) is 4.61. The van der Waals surface area contributed by atoms with E-state index in [1.165, 1.54) is 0 Å². The molecule has 0 saturated carbocycles. The normalized spacial score (nSPS) is 18.7. The monoisotopic (exact) mass is 327 g/mol. The predicted octanol–water partition coefficient (Wildman–Crippen LogP) is 0.708. The van der Waals surface area contributed by atoms with Crippen LogP contribution < -0.4 is 5.73 Å². The lowest BCUT2D eigenvalue weighted by Crippen LogP contribution is -2.48. The van der Waals surface area contributed by atoms with Gasteiger partial charge in [0.25, 0.3) is 0 Å². The van der Waals surface area contributed by atoms with Crippen LogP contribution in [0.5, 0.6) is 0 Å². The molecule has 2 rings (SSSR count). The highest BCUT2D eigenvalue weighted by Gasteiger charge is 2.17. The first kappa shape index (κ1) is 14.2. The summed E-state index contributed by atoms with van der Waals surface area (Å²) in [7, 11) is 0. The van der Waals surface area contributed by atoms with E-state index < -0.39 is 0 Å². The van der Waals surface area contributed by atoms with E-state index in [1.807, 2.05) is 18.3 Å². The van der Waals surface area contributed by atoms with Crippen molar-refractivity contribution >= 4 is 21.8 Å². The summed E-state index contributed by atoms with van der Waals surface area (Å²) in [5.74, 6) is 0.267. The highest BCUT2D eigenvalue weighted by atomic mass is 79.9. The average Bonchev–Trinajstić information content (AvgIpc) is 2.43. The van der Waals surface area contributed by atoms with Gasteiger partial charge in [-0.05, 0) is 28.1 Å². The molecule has 0 amide bonds. The first-order valence-corrected chi connectivity index (χ1v) is 6.98. The van der Waals surface area contributed by atoms with E-state index in [-0.39, 0.29) is 5.84 Å². The van der Waals surface area contributed by atoms with Gasteiger partial charge in [-0.1, -0.05) is 5.16 Å². The first-order chi connectivity index (χ1) is 9.17. The van der Waals surface area contributed by atoms with Crippen LogP contribution in [0, 0.1) is 0 Å². The van der Waals surface area contributed by atoms with Gasteiger partial charge in [0.1, 0.15) is 0 Å². The molecule has 1 aliphatic rings. The molecule has 0 bridgehead atoms. The highest BCUT2D eigenvalue weighted by Crippen LogP contribution is 2.10. The van der Waals surface area contributed by atoms with Gasteiger partial charge in [0.2, 0.25) is 0 Å². The summed E-state index contributed by atoms with van der Waals surface area (Å²) in [6, 6.07) is 4.05. The Balaban J connectivity index is 1.78. The van der Waals surface area contributed by atoms with Crippen LogP contribution in [0.4, 0.5) is 0 Å². The lowest BCUT2D eigenvalue weighted by atomic mass is 10.2. The summed E-state index contributed by atoms with van der Waals surface area (Å²) in [6.07, 6.45) is 1.82. The van der Waals surface area contributed by atoms with E-state index in [0.717, 1.165) is 42.9 Å². The second-order valence-corrected chi connectivity index (χ2v) is 5.53. The van der Waals surface area contributed by atoms with Crippen LogP contribution in [0.25, 0.3) is 0 Å². The van der Waals surface area contributed by atoms with Crippen LogP contribution in [-0.4, -0.2) is 58.6 Å². The van der Waals surface area contributed by atoms with E-state index in [0.29, 0.717) is 6.54 Å². The maximum absolute atomic E-state index is 8.55. The summed E-state index contributed by atoms with van der Waals surface area (Å²) in [6.45, 7) is 5.18. The molecule has 1 aliphatic heterocycles. The van der Waals surface area contributed by atoms with Crippen molar-refractivity contribution in [1.82, 2.24) is 14.8 Å². The molecule has 0 atom stereocenters. The third-order valence-corrected chi connectivity index (χ3v) is 3.62. The molecule has 1 aromatic heterocycles. The van der Waals surface area contributed by atoms with Gasteiger partial charge in [0.15, 0.2) is 5.84 Å². The summed E-state index contributed by atoms with van der Waals surface area (Å²) < 4.78 is 1.000. The molecule has 6 nitrogen and oxygen atoms in total. The van der Waals surface area contributed by atoms with Crippen molar-refractivity contribution in [3.63, 3.8) is 0 Å². The number of hydrogen-bond donors (Lipinski definition) is 2. The molecule has 0 spiro atoms. The Kier molecular flexibility index (Phi) is 5.12. The molecule has 3 N–H and O–H groups in total. The van der Waals surface area contributed by atoms with Crippen LogP contribution in [0.1, 0.15) is 5.69 Å². The predicted molar refractivity (Wildman–Crippen MR) is 77.1 cm³/mol. The molecule has 19 heavy (non-hydrogen) atoms. The molecule has 1 aromatic rings. The van der Waals surface area contributed by atoms with Gasteiger partial charge in [-0.2, -0.15) is 0 Å². The summed E-state index contributed by atoms with van der Waals surface area (Å²) in [5, 5.41) is 11.6. The molecule has 1 saturated heterocycles. The number of amidine groups is 1. The van der Waals surface area contributed by atoms with E-state index in [2.05, 4.69) is 35.9 Å². The highest BCUT2D eigenvalue weighted by molar-refractivity contribution is 9.10. The average molecular weight is 328 g/mol. The van der Waals surface area contributed by atoms with E-state index in [4.69, 9.17) is 10.9 Å². The SMILES string of the molecule is N/C(CN1CCN(Cc2ccc(Br)cn2)CC1)=N/O. The van der Waals surface area contributed by atoms with Crippen molar-refractivity contribution in [1.29, 1.82) is 0 Å². The number of oxime groups is 1. The van der Waals surface area contributed by atoms with Crippen LogP contribution in [0.2, 0.25) is 0 Å². The lowest BCUT2D eigenvalue weighted by Gasteiger charge is -2.34. The molecule has 0 aliphatic carbocycles. The molecule has 0 aromatic carbocycles. The minimum Gasteiger partial charge on any atom is -0.409 e. The van der Waals surface area contributed by atoms with E-state index >= 15 is 0 Å². The molecule has 104 valence electrons. The molecular formula is C12H18BrN5O. The Hall–Kier alpha value is -1.18. The number of pyridine rings is 1. The van der Waals surface area contributed by atoms with Gasteiger partial charge in [0.05, 0.1) is 12.2 Å². The zero-order valence-corrected chi connectivity index (χ0v) is 12.3. The number of nitrogens with two attached hydrogens (primary N) is 1. The van der Waals surface area contributed by atoms with Crippen LogP contribution in [0.15, 0.2) is 28.0 Å². The largest absolute Gasteiger partial charge is 0.409 e. The Morgan fingerprint density at radius 3 is 2.58 bits per heavy atom. The van der Waals surface area contributed by atoms with Crippen molar-refractivity contribution < 1.29 is 5.21 Å². The number of rotatable bonds is 4. The standard InChI is InChI=1S/C12H18BrN5O/c13-10-1-2-11(15-7-10)8-17-3-5-18(6-4-17)9-12(14)16-19/h1-2,7,19H,3-6,8-9H2,(H2,14,16). The van der Waals surface area contributed by atoms with Gasteiger partial charge < -0.3 is 10.9 Å². The zero-order chi connectivity index (χ0) is 13.7. The minimum absolute atomic E-state index is 0.267. The van der Waals surface area contributed by atoms with Crippen molar-refractivity contribution in [2.75, 3.05) is 32.7 Å². The number of piperazine rings is 1. The second kappa shape index (κ2) is 6.83. The van der Waals surface area contributed by atoms with E-state index in [1.54, 1.807) is 0 Å². The molecule has 2 heterocycles. The molecule has 1 fully saturated rings. The quantitative estimate of drug-likeness (QED) is 0.368. The number of halogens is 1. The Morgan fingerprint density at radius 2 is 2.00 bits per heavy atom. The van der Waals surface area contributed by atoms with Gasteiger partial charge >= 0.3 is 0 Å². The lowest BCUT2D eigenvalue weighted by molar-refractivity contribution is 0.137. The van der Waals surface area contributed by atoms with Crippen molar-refractivity contribution in [3.8, 4) is 0 Å². The van der Waals surface area contributed by atoms with E-state index in [9.17, 15) is 0 Å². The fourth-order valence-corrected chi connectivity index (χ4v) is 2.33. The third-order valence-electron chi connectivity index (χ3n) is 3.15. The van der Waals surface area contributed by atoms with Crippen molar-refractivity contribution in [2.24, 2.45) is 10.9 Å². The number of nitrogens with zero attached hydrogens (tertiary/aromatic N) is 4. The molecule has 0 unspecified atom stereocenters. The Bertz CT molecular complexity index is 428. The van der Waals surface area contributed by atoms with Gasteiger partial charge in [-0.15, -0.1) is 0 Å². The summed E-state index contributed by atoms with van der Waals surface area (Å²) in [5.41, 5.74) is 6.58. The number of aromatic nitrogens is 1. The zero-order valence-electron chi connectivity index (χ0n) is 10.7. The van der Waals surface area contributed by atoms with Crippen molar-refractivity contribution in [3.05, 3.63) is 28.5 Å². The topological polar surface area (TPSA) is 78.0 Å². The third kappa shape index (κ3) is 4.45. The maximum Gasteiger partial charge on any atom is 0.153 e. The molecular weight excluding hydrogens is 310 g/mol. The fourth-order valence-electron chi connectivity index (χ4n) is 2.10. The first-order valence-electron chi connectivity index (χ1n) is 6.19. The summed E-state index contributed by atoms with van der Waals surface area (Å²) in [4.78, 5) is 8.92. The smallest absolute Gasteiger partial charge is 0.153 e. The van der Waals surface area contributed by atoms with Crippen LogP contribution >= 0.6 is 15.9 Å². The molecule has 7 heteroatoms. The van der Waals surface area contributed by atoms with Gasteiger partial charge in [-0.25, -0.2) is 0 Å². The Labute approximate surface area is 121 Å². The van der Waals surface area contributed by atoms with Crippen molar-refractivity contribution in [2.45, 2.75) is 6.54 Å². The molecule has 0 radical (unpaired) electrons. The Morgan fingerprint density at radius 1 is 1.32 bits per heavy atom. The van der Waals surface area contributed by atoms with Gasteiger partial charge in [0, 0.05) is 43.4 Å². The van der Waals surface area contributed by atoms with Crippen LogP contribution in [-0.2, 0) is 6.54 Å². The fraction of sp³-hybridized carbons (Fsp3) is 0.500. The number of hydrogen-bond acceptors (Lipinski definition) is 5.